The molecule has 0 spiro atoms. The van der Waals surface area contributed by atoms with Crippen LogP contribution < -0.4 is 5.32 Å². The number of furan rings is 1. The van der Waals surface area contributed by atoms with Gasteiger partial charge in [-0.25, -0.2) is 4.79 Å². The number of rotatable bonds is 3. The number of sulfonamides is 1. The Morgan fingerprint density at radius 2 is 1.90 bits per heavy atom. The highest BCUT2D eigenvalue weighted by Crippen LogP contribution is 2.33. The number of hydrogen-bond donors (Lipinski definition) is 1. The van der Waals surface area contributed by atoms with Crippen molar-refractivity contribution in [3.63, 3.8) is 0 Å². The summed E-state index contributed by atoms with van der Waals surface area (Å²) in [6.07, 6.45) is 2.29. The van der Waals surface area contributed by atoms with Crippen LogP contribution in [0.3, 0.4) is 0 Å². The van der Waals surface area contributed by atoms with Crippen LogP contribution in [0, 0.1) is 0 Å². The van der Waals surface area contributed by atoms with Gasteiger partial charge in [0, 0.05) is 31.8 Å². The van der Waals surface area contributed by atoms with Crippen molar-refractivity contribution < 1.29 is 17.6 Å². The van der Waals surface area contributed by atoms with Crippen molar-refractivity contribution in [1.29, 1.82) is 0 Å². The average molecular weight is 429 g/mol. The summed E-state index contributed by atoms with van der Waals surface area (Å²) >= 11 is 0. The minimum Gasteiger partial charge on any atom is -0.467 e. The molecule has 1 saturated heterocycles. The van der Waals surface area contributed by atoms with Crippen molar-refractivity contribution in [2.24, 2.45) is 4.40 Å². The van der Waals surface area contributed by atoms with Crippen molar-refractivity contribution in [2.45, 2.75) is 19.9 Å². The molecule has 0 unspecified atom stereocenters. The van der Waals surface area contributed by atoms with Gasteiger partial charge in [0.1, 0.15) is 16.5 Å². The zero-order valence-electron chi connectivity index (χ0n) is 16.7. The fourth-order valence-corrected chi connectivity index (χ4v) is 5.28. The predicted octanol–water partition coefficient (Wildman–Crippen LogP) is 2.67. The third kappa shape index (κ3) is 4.11. The molecule has 30 heavy (non-hydrogen) atoms. The van der Waals surface area contributed by atoms with Crippen LogP contribution in [0.2, 0.25) is 0 Å². The van der Waals surface area contributed by atoms with Crippen molar-refractivity contribution in [3.8, 4) is 0 Å². The van der Waals surface area contributed by atoms with Crippen molar-refractivity contribution in [2.75, 3.05) is 26.2 Å². The molecular formula is C21H24N4O4S. The van der Waals surface area contributed by atoms with Crippen molar-refractivity contribution in [3.05, 3.63) is 65.6 Å². The Kier molecular flexibility index (Phi) is 5.63. The summed E-state index contributed by atoms with van der Waals surface area (Å²) in [6.45, 7) is 4.35. The molecule has 0 saturated carbocycles. The molecule has 158 valence electrons. The maximum atomic E-state index is 12.7. The van der Waals surface area contributed by atoms with E-state index in [0.29, 0.717) is 55.5 Å². The molecule has 4 rings (SSSR count). The minimum atomic E-state index is -3.74. The van der Waals surface area contributed by atoms with E-state index in [4.69, 9.17) is 4.42 Å². The summed E-state index contributed by atoms with van der Waals surface area (Å²) in [5.74, 6) is 1.17. The van der Waals surface area contributed by atoms with E-state index in [0.717, 1.165) is 6.42 Å². The van der Waals surface area contributed by atoms with Crippen LogP contribution in [0.5, 0.6) is 0 Å². The molecule has 3 heterocycles. The standard InChI is InChI=1S/C21H24N4O4S/c1-16-19(17-7-3-2-4-8-17)30(27,28)23-20(16)24-10-6-11-25(13-12-24)21(26)22-15-18-9-5-14-29-18/h2-5,7-9,14H,6,10-13,15H2,1H3,(H,22,26). The van der Waals surface area contributed by atoms with E-state index >= 15 is 0 Å². The van der Waals surface area contributed by atoms with Crippen LogP contribution in [0.1, 0.15) is 24.7 Å². The third-order valence-electron chi connectivity index (χ3n) is 5.25. The lowest BCUT2D eigenvalue weighted by Gasteiger charge is -2.23. The lowest BCUT2D eigenvalue weighted by molar-refractivity contribution is 0.199. The van der Waals surface area contributed by atoms with Gasteiger partial charge in [0.25, 0.3) is 10.0 Å². The fourth-order valence-electron chi connectivity index (χ4n) is 3.79. The molecule has 9 heteroatoms. The first-order chi connectivity index (χ1) is 14.5. The summed E-state index contributed by atoms with van der Waals surface area (Å²) in [6, 6.07) is 12.5. The van der Waals surface area contributed by atoms with Gasteiger partial charge in [-0.15, -0.1) is 4.40 Å². The molecular weight excluding hydrogens is 404 g/mol. The van der Waals surface area contributed by atoms with Gasteiger partial charge in [-0.1, -0.05) is 30.3 Å². The van der Waals surface area contributed by atoms with Crippen LogP contribution >= 0.6 is 0 Å². The van der Waals surface area contributed by atoms with E-state index in [-0.39, 0.29) is 10.9 Å². The van der Waals surface area contributed by atoms with Gasteiger partial charge < -0.3 is 19.5 Å². The lowest BCUT2D eigenvalue weighted by atomic mass is 10.1. The average Bonchev–Trinajstić information content (AvgIpc) is 3.24. The van der Waals surface area contributed by atoms with Crippen LogP contribution in [-0.2, 0) is 16.6 Å². The summed E-state index contributed by atoms with van der Waals surface area (Å²) < 4.78 is 34.8. The molecule has 2 aromatic rings. The fraction of sp³-hybridized carbons (Fsp3) is 0.333. The topological polar surface area (TPSA) is 95.2 Å². The van der Waals surface area contributed by atoms with Gasteiger partial charge >= 0.3 is 6.03 Å². The molecule has 0 aliphatic carbocycles. The second-order valence-corrected chi connectivity index (χ2v) is 8.82. The first kappa shape index (κ1) is 20.2. The Labute approximate surface area is 175 Å². The van der Waals surface area contributed by atoms with E-state index in [1.807, 2.05) is 29.2 Å². The SMILES string of the molecule is CC1=C(c2ccccc2)S(=O)(=O)N=C1N1CCCN(C(=O)NCc2ccco2)CC1. The predicted molar refractivity (Wildman–Crippen MR) is 114 cm³/mol. The van der Waals surface area contributed by atoms with Gasteiger partial charge in [-0.2, -0.15) is 8.42 Å². The number of urea groups is 1. The maximum absolute atomic E-state index is 12.7. The number of amidine groups is 1. The van der Waals surface area contributed by atoms with Crippen LogP contribution in [0.15, 0.2) is 63.1 Å². The van der Waals surface area contributed by atoms with Crippen molar-refractivity contribution in [1.82, 2.24) is 15.1 Å². The Morgan fingerprint density at radius 3 is 2.63 bits per heavy atom. The molecule has 0 bridgehead atoms. The first-order valence-electron chi connectivity index (χ1n) is 9.87. The highest BCUT2D eigenvalue weighted by Gasteiger charge is 2.34. The summed E-state index contributed by atoms with van der Waals surface area (Å²) in [4.78, 5) is 16.5. The third-order valence-corrected chi connectivity index (χ3v) is 6.72. The summed E-state index contributed by atoms with van der Waals surface area (Å²) in [5.41, 5.74) is 1.29. The Hall–Kier alpha value is -3.07. The molecule has 1 N–H and O–H groups in total. The second kappa shape index (κ2) is 8.35. The molecule has 2 aliphatic rings. The number of nitrogens with zero attached hydrogens (tertiary/aromatic N) is 3. The number of benzene rings is 1. The van der Waals surface area contributed by atoms with Crippen LogP contribution in [0.25, 0.3) is 4.91 Å². The number of nitrogens with one attached hydrogen (secondary N) is 1. The maximum Gasteiger partial charge on any atom is 0.317 e. The second-order valence-electron chi connectivity index (χ2n) is 7.28. The lowest BCUT2D eigenvalue weighted by Crippen LogP contribution is -2.42. The van der Waals surface area contributed by atoms with E-state index < -0.39 is 10.0 Å². The minimum absolute atomic E-state index is 0.161. The molecule has 2 aliphatic heterocycles. The molecule has 0 radical (unpaired) electrons. The van der Waals surface area contributed by atoms with Crippen molar-refractivity contribution >= 4 is 26.8 Å². The molecule has 0 atom stereocenters. The molecule has 1 fully saturated rings. The number of amides is 2. The monoisotopic (exact) mass is 428 g/mol. The van der Waals surface area contributed by atoms with E-state index in [1.165, 1.54) is 0 Å². The highest BCUT2D eigenvalue weighted by atomic mass is 32.2. The van der Waals surface area contributed by atoms with E-state index in [2.05, 4.69) is 9.71 Å². The van der Waals surface area contributed by atoms with Gasteiger partial charge in [0.05, 0.1) is 12.8 Å². The number of hydrogen-bond acceptors (Lipinski definition) is 5. The highest BCUT2D eigenvalue weighted by molar-refractivity contribution is 8.00. The number of carbonyl (C=O) groups excluding carboxylic acids is 1. The largest absolute Gasteiger partial charge is 0.467 e. The number of carbonyl (C=O) groups is 1. The smallest absolute Gasteiger partial charge is 0.317 e. The van der Waals surface area contributed by atoms with Crippen LogP contribution in [0.4, 0.5) is 4.79 Å². The Bertz CT molecular complexity index is 1080. The normalized spacial score (nSPS) is 18.9. The zero-order chi connectivity index (χ0) is 21.1. The van der Waals surface area contributed by atoms with Gasteiger partial charge in [0.15, 0.2) is 0 Å². The van der Waals surface area contributed by atoms with E-state index in [1.54, 1.807) is 36.3 Å². The Morgan fingerprint density at radius 1 is 1.10 bits per heavy atom. The summed E-state index contributed by atoms with van der Waals surface area (Å²) in [5, 5.41) is 2.86. The van der Waals surface area contributed by atoms with E-state index in [9.17, 15) is 13.2 Å². The Balaban J connectivity index is 1.45. The van der Waals surface area contributed by atoms with Gasteiger partial charge in [-0.05, 0) is 31.0 Å². The van der Waals surface area contributed by atoms with Gasteiger partial charge in [0.2, 0.25) is 0 Å². The van der Waals surface area contributed by atoms with Crippen LogP contribution in [-0.4, -0.2) is 56.3 Å². The molecule has 2 amide bonds. The zero-order valence-corrected chi connectivity index (χ0v) is 17.6. The molecule has 1 aromatic carbocycles. The quantitative estimate of drug-likeness (QED) is 0.811. The molecule has 8 nitrogen and oxygen atoms in total. The van der Waals surface area contributed by atoms with Gasteiger partial charge in [-0.3, -0.25) is 0 Å². The first-order valence-corrected chi connectivity index (χ1v) is 11.3. The summed E-state index contributed by atoms with van der Waals surface area (Å²) in [7, 11) is -3.74. The molecule has 1 aromatic heterocycles.